The largest absolute Gasteiger partial charge is 0.349 e. The molecule has 1 aliphatic heterocycles. The van der Waals surface area contributed by atoms with Gasteiger partial charge in [-0.15, -0.1) is 0 Å². The van der Waals surface area contributed by atoms with Crippen LogP contribution in [0.1, 0.15) is 18.4 Å². The van der Waals surface area contributed by atoms with E-state index in [0.717, 1.165) is 43.3 Å². The number of aromatic nitrogens is 3. The van der Waals surface area contributed by atoms with Crippen LogP contribution in [0.3, 0.4) is 0 Å². The van der Waals surface area contributed by atoms with E-state index in [1.165, 1.54) is 17.3 Å². The molecule has 1 aliphatic rings. The van der Waals surface area contributed by atoms with E-state index in [-0.39, 0.29) is 17.2 Å². The summed E-state index contributed by atoms with van der Waals surface area (Å²) < 4.78 is 1.55. The molecule has 1 fully saturated rings. The highest BCUT2D eigenvalue weighted by molar-refractivity contribution is 7.99. The van der Waals surface area contributed by atoms with Gasteiger partial charge in [-0.05, 0) is 55.0 Å². The quantitative estimate of drug-likeness (QED) is 0.208. The molecular weight excluding hydrogens is 516 g/mol. The molecule has 0 spiro atoms. The molecule has 1 amide bonds. The number of hydrogen-bond acceptors (Lipinski definition) is 4. The maximum atomic E-state index is 13.7. The van der Waals surface area contributed by atoms with Crippen molar-refractivity contribution in [3.63, 3.8) is 0 Å². The third-order valence-electron chi connectivity index (χ3n) is 7.22. The van der Waals surface area contributed by atoms with Gasteiger partial charge >= 0.3 is 0 Å². The Labute approximate surface area is 229 Å². The summed E-state index contributed by atoms with van der Waals surface area (Å²) >= 11 is 7.56. The van der Waals surface area contributed by atoms with Crippen molar-refractivity contribution in [2.75, 3.05) is 18.8 Å². The molecule has 38 heavy (non-hydrogen) atoms. The van der Waals surface area contributed by atoms with Crippen LogP contribution in [-0.2, 0) is 11.2 Å². The predicted octanol–water partition coefficient (Wildman–Crippen LogP) is 6.09. The molecular formula is C30H27ClN4O2S. The first-order chi connectivity index (χ1) is 18.6. The Hall–Kier alpha value is -3.55. The smallest absolute Gasteiger partial charge is 0.283 e. The van der Waals surface area contributed by atoms with Gasteiger partial charge in [0.05, 0.1) is 11.4 Å². The van der Waals surface area contributed by atoms with Gasteiger partial charge in [0.25, 0.3) is 5.56 Å². The van der Waals surface area contributed by atoms with Crippen molar-refractivity contribution < 1.29 is 4.79 Å². The molecule has 0 radical (unpaired) electrons. The van der Waals surface area contributed by atoms with Gasteiger partial charge in [0.1, 0.15) is 11.0 Å². The highest BCUT2D eigenvalue weighted by Crippen LogP contribution is 2.28. The summed E-state index contributed by atoms with van der Waals surface area (Å²) in [5.74, 6) is 0.872. The SMILES string of the molecule is O=C(CSc1nc2c([nH]c3ccccc32)c(=O)n1-c1cccc(Cl)c1)N1CCC(Cc2ccccc2)CC1. The van der Waals surface area contributed by atoms with Gasteiger partial charge in [-0.3, -0.25) is 14.2 Å². The highest BCUT2D eigenvalue weighted by atomic mass is 35.5. The Morgan fingerprint density at radius 3 is 2.55 bits per heavy atom. The minimum atomic E-state index is -0.217. The van der Waals surface area contributed by atoms with Crippen LogP contribution in [0.15, 0.2) is 88.8 Å². The molecule has 0 atom stereocenters. The average Bonchev–Trinajstić information content (AvgIpc) is 3.32. The van der Waals surface area contributed by atoms with Crippen LogP contribution in [0, 0.1) is 5.92 Å². The van der Waals surface area contributed by atoms with Gasteiger partial charge in [0, 0.05) is 29.0 Å². The lowest BCUT2D eigenvalue weighted by Crippen LogP contribution is -2.40. The summed E-state index contributed by atoms with van der Waals surface area (Å²) in [6.45, 7) is 1.51. The van der Waals surface area contributed by atoms with Crippen LogP contribution in [0.2, 0.25) is 5.02 Å². The number of carbonyl (C=O) groups is 1. The Morgan fingerprint density at radius 1 is 1.00 bits per heavy atom. The molecule has 2 aromatic heterocycles. The normalized spacial score (nSPS) is 14.4. The molecule has 0 unspecified atom stereocenters. The molecule has 0 aliphatic carbocycles. The molecule has 0 saturated carbocycles. The number of H-pyrrole nitrogens is 1. The maximum absolute atomic E-state index is 13.7. The van der Waals surface area contributed by atoms with Crippen LogP contribution < -0.4 is 5.56 Å². The number of carbonyl (C=O) groups excluding carboxylic acids is 1. The Balaban J connectivity index is 1.24. The third kappa shape index (κ3) is 4.96. The van der Waals surface area contributed by atoms with Crippen LogP contribution in [0.25, 0.3) is 27.6 Å². The molecule has 3 aromatic carbocycles. The van der Waals surface area contributed by atoms with Crippen molar-refractivity contribution in [1.82, 2.24) is 19.4 Å². The molecule has 3 heterocycles. The lowest BCUT2D eigenvalue weighted by molar-refractivity contribution is -0.129. The summed E-state index contributed by atoms with van der Waals surface area (Å²) in [5, 5.41) is 1.88. The van der Waals surface area contributed by atoms with Crippen LogP contribution in [0.4, 0.5) is 0 Å². The molecule has 6 nitrogen and oxygen atoms in total. The Bertz CT molecular complexity index is 1670. The zero-order valence-electron chi connectivity index (χ0n) is 20.8. The molecule has 5 aromatic rings. The number of rotatable bonds is 6. The number of nitrogens with one attached hydrogen (secondary N) is 1. The number of para-hydroxylation sites is 1. The van der Waals surface area contributed by atoms with Crippen LogP contribution in [0.5, 0.6) is 0 Å². The van der Waals surface area contributed by atoms with Gasteiger partial charge < -0.3 is 9.88 Å². The molecule has 192 valence electrons. The zero-order valence-corrected chi connectivity index (χ0v) is 22.3. The van der Waals surface area contributed by atoms with E-state index in [4.69, 9.17) is 16.6 Å². The number of fused-ring (bicyclic) bond motifs is 3. The van der Waals surface area contributed by atoms with E-state index in [1.807, 2.05) is 41.3 Å². The van der Waals surface area contributed by atoms with Crippen LogP contribution >= 0.6 is 23.4 Å². The van der Waals surface area contributed by atoms with Gasteiger partial charge in [0.2, 0.25) is 5.91 Å². The maximum Gasteiger partial charge on any atom is 0.283 e. The van der Waals surface area contributed by atoms with E-state index in [2.05, 4.69) is 29.2 Å². The summed E-state index contributed by atoms with van der Waals surface area (Å²) in [7, 11) is 0. The second-order valence-electron chi connectivity index (χ2n) is 9.71. The number of halogens is 1. The minimum Gasteiger partial charge on any atom is -0.349 e. The standard InChI is InChI=1S/C30H27ClN4O2S/c31-22-9-6-10-23(18-22)35-29(37)28-27(24-11-4-5-12-25(24)32-28)33-30(35)38-19-26(36)34-15-13-21(14-16-34)17-20-7-2-1-3-8-20/h1-12,18,21,32H,13-17,19H2. The molecule has 6 rings (SSSR count). The fraction of sp³-hybridized carbons (Fsp3) is 0.233. The van der Waals surface area contributed by atoms with Crippen molar-refractivity contribution >= 4 is 51.2 Å². The van der Waals surface area contributed by atoms with Crippen LogP contribution in [-0.4, -0.2) is 44.2 Å². The van der Waals surface area contributed by atoms with Crippen molar-refractivity contribution in [3.05, 3.63) is 99.8 Å². The van der Waals surface area contributed by atoms with Gasteiger partial charge in [-0.25, -0.2) is 4.98 Å². The van der Waals surface area contributed by atoms with Gasteiger partial charge in [-0.2, -0.15) is 0 Å². The molecule has 1 N–H and O–H groups in total. The van der Waals surface area contributed by atoms with Crippen molar-refractivity contribution in [2.24, 2.45) is 5.92 Å². The Morgan fingerprint density at radius 2 is 1.76 bits per heavy atom. The highest BCUT2D eigenvalue weighted by Gasteiger charge is 2.24. The number of aromatic amines is 1. The second-order valence-corrected chi connectivity index (χ2v) is 11.1. The molecule has 8 heteroatoms. The number of hydrogen-bond donors (Lipinski definition) is 1. The number of likely N-dealkylation sites (tertiary alicyclic amines) is 1. The second kappa shape index (κ2) is 10.7. The van der Waals surface area contributed by atoms with Gasteiger partial charge in [-0.1, -0.05) is 78.0 Å². The first-order valence-corrected chi connectivity index (χ1v) is 14.2. The zero-order chi connectivity index (χ0) is 26.1. The lowest BCUT2D eigenvalue weighted by Gasteiger charge is -2.32. The monoisotopic (exact) mass is 542 g/mol. The summed E-state index contributed by atoms with van der Waals surface area (Å²) in [6, 6.07) is 25.4. The average molecular weight is 543 g/mol. The lowest BCUT2D eigenvalue weighted by atomic mass is 9.90. The van der Waals surface area contributed by atoms with Crippen molar-refractivity contribution in [2.45, 2.75) is 24.4 Å². The fourth-order valence-electron chi connectivity index (χ4n) is 5.23. The van der Waals surface area contributed by atoms with E-state index >= 15 is 0 Å². The fourth-order valence-corrected chi connectivity index (χ4v) is 6.33. The first-order valence-electron chi connectivity index (χ1n) is 12.8. The van der Waals surface area contributed by atoms with E-state index in [0.29, 0.717) is 32.8 Å². The minimum absolute atomic E-state index is 0.0686. The number of piperidine rings is 1. The summed E-state index contributed by atoms with van der Waals surface area (Å²) in [4.78, 5) is 37.0. The number of benzene rings is 3. The van der Waals surface area contributed by atoms with E-state index in [1.54, 1.807) is 22.8 Å². The summed E-state index contributed by atoms with van der Waals surface area (Å²) in [5.41, 5.74) is 3.65. The topological polar surface area (TPSA) is 71.0 Å². The Kier molecular flexibility index (Phi) is 6.96. The van der Waals surface area contributed by atoms with Crippen molar-refractivity contribution in [3.8, 4) is 5.69 Å². The van der Waals surface area contributed by atoms with Gasteiger partial charge in [0.15, 0.2) is 5.16 Å². The van der Waals surface area contributed by atoms with Crippen molar-refractivity contribution in [1.29, 1.82) is 0 Å². The third-order valence-corrected chi connectivity index (χ3v) is 8.38. The van der Waals surface area contributed by atoms with E-state index in [9.17, 15) is 9.59 Å². The number of thioether (sulfide) groups is 1. The first kappa shape index (κ1) is 24.8. The van der Waals surface area contributed by atoms with E-state index < -0.39 is 0 Å². The predicted molar refractivity (Wildman–Crippen MR) is 154 cm³/mol. The summed E-state index contributed by atoms with van der Waals surface area (Å²) in [6.07, 6.45) is 3.05. The molecule has 0 bridgehead atoms. The number of amides is 1. The number of nitrogens with zero attached hydrogens (tertiary/aromatic N) is 3. The molecule has 1 saturated heterocycles.